The number of hydrogen-bond acceptors (Lipinski definition) is 4. The first-order valence-corrected chi connectivity index (χ1v) is 7.66. The topological polar surface area (TPSA) is 47.9 Å². The van der Waals surface area contributed by atoms with Crippen LogP contribution in [0.5, 0.6) is 11.5 Å². The normalized spacial score (nSPS) is 10.2. The van der Waals surface area contributed by atoms with Crippen molar-refractivity contribution >= 4 is 5.69 Å². The summed E-state index contributed by atoms with van der Waals surface area (Å²) in [6, 6.07) is 24.6. The van der Waals surface area contributed by atoms with Crippen molar-refractivity contribution in [2.24, 2.45) is 5.18 Å². The van der Waals surface area contributed by atoms with Crippen LogP contribution in [0, 0.1) is 4.91 Å². The lowest BCUT2D eigenvalue weighted by Gasteiger charge is -2.13. The van der Waals surface area contributed by atoms with Crippen molar-refractivity contribution in [2.45, 2.75) is 13.2 Å². The number of nitroso groups, excluding NO2 is 1. The molecule has 0 N–H and O–H groups in total. The fourth-order valence-electron chi connectivity index (χ4n) is 2.26. The third kappa shape index (κ3) is 4.20. The predicted molar refractivity (Wildman–Crippen MR) is 93.4 cm³/mol. The molecule has 3 aromatic rings. The molecular formula is C20H17NO3. The molecule has 0 aliphatic heterocycles. The quantitative estimate of drug-likeness (QED) is 0.559. The van der Waals surface area contributed by atoms with Gasteiger partial charge in [-0.1, -0.05) is 60.7 Å². The predicted octanol–water partition coefficient (Wildman–Crippen LogP) is 5.24. The molecule has 0 saturated heterocycles. The van der Waals surface area contributed by atoms with E-state index >= 15 is 0 Å². The van der Waals surface area contributed by atoms with E-state index < -0.39 is 0 Å². The Balaban J connectivity index is 1.74. The molecule has 0 aliphatic carbocycles. The molecular weight excluding hydrogens is 302 g/mol. The van der Waals surface area contributed by atoms with Gasteiger partial charge in [0.05, 0.1) is 0 Å². The molecule has 120 valence electrons. The lowest BCUT2D eigenvalue weighted by Crippen LogP contribution is -2.00. The van der Waals surface area contributed by atoms with Crippen LogP contribution in [0.1, 0.15) is 11.1 Å². The van der Waals surface area contributed by atoms with Crippen molar-refractivity contribution in [3.8, 4) is 11.5 Å². The van der Waals surface area contributed by atoms with Gasteiger partial charge in [-0.05, 0) is 28.4 Å². The van der Waals surface area contributed by atoms with Crippen LogP contribution in [-0.4, -0.2) is 0 Å². The molecule has 4 nitrogen and oxygen atoms in total. The number of hydrogen-bond donors (Lipinski definition) is 0. The molecule has 0 saturated carbocycles. The minimum Gasteiger partial charge on any atom is -0.485 e. The molecule has 0 heterocycles. The van der Waals surface area contributed by atoms with Crippen molar-refractivity contribution < 1.29 is 9.47 Å². The molecule has 0 spiro atoms. The second kappa shape index (κ2) is 7.92. The molecule has 3 rings (SSSR count). The Morgan fingerprint density at radius 2 is 1.21 bits per heavy atom. The van der Waals surface area contributed by atoms with Crippen LogP contribution in [0.15, 0.2) is 84.0 Å². The molecule has 0 bridgehead atoms. The minimum absolute atomic E-state index is 0.310. The van der Waals surface area contributed by atoms with Gasteiger partial charge in [-0.15, -0.1) is 4.91 Å². The first kappa shape index (κ1) is 15.7. The maximum Gasteiger partial charge on any atom is 0.163 e. The van der Waals surface area contributed by atoms with Gasteiger partial charge < -0.3 is 9.47 Å². The van der Waals surface area contributed by atoms with E-state index in [4.69, 9.17) is 9.47 Å². The fourth-order valence-corrected chi connectivity index (χ4v) is 2.26. The molecule has 0 amide bonds. The summed E-state index contributed by atoms with van der Waals surface area (Å²) in [5, 5.41) is 2.96. The standard InChI is InChI=1S/C20H17NO3/c22-21-18-11-12-19(23-14-16-7-3-1-4-8-16)20(13-18)24-15-17-9-5-2-6-10-17/h1-13H,14-15H2. The number of benzene rings is 3. The van der Waals surface area contributed by atoms with Crippen molar-refractivity contribution in [3.63, 3.8) is 0 Å². The van der Waals surface area contributed by atoms with Crippen LogP contribution in [0.4, 0.5) is 5.69 Å². The van der Waals surface area contributed by atoms with Crippen LogP contribution < -0.4 is 9.47 Å². The van der Waals surface area contributed by atoms with Gasteiger partial charge in [0.1, 0.15) is 18.9 Å². The summed E-state index contributed by atoms with van der Waals surface area (Å²) >= 11 is 0. The second-order valence-corrected chi connectivity index (χ2v) is 5.27. The van der Waals surface area contributed by atoms with Crippen molar-refractivity contribution in [1.29, 1.82) is 0 Å². The van der Waals surface area contributed by atoms with Crippen LogP contribution in [0.2, 0.25) is 0 Å². The molecule has 0 atom stereocenters. The second-order valence-electron chi connectivity index (χ2n) is 5.27. The van der Waals surface area contributed by atoms with Crippen molar-refractivity contribution in [3.05, 3.63) is 94.9 Å². The number of nitrogens with zero attached hydrogens (tertiary/aromatic N) is 1. The van der Waals surface area contributed by atoms with Crippen molar-refractivity contribution in [2.75, 3.05) is 0 Å². The molecule has 24 heavy (non-hydrogen) atoms. The smallest absolute Gasteiger partial charge is 0.163 e. The zero-order valence-electron chi connectivity index (χ0n) is 13.1. The van der Waals surface area contributed by atoms with E-state index in [1.165, 1.54) is 0 Å². The van der Waals surface area contributed by atoms with E-state index in [1.54, 1.807) is 18.2 Å². The number of rotatable bonds is 7. The molecule has 0 radical (unpaired) electrons. The van der Waals surface area contributed by atoms with Crippen LogP contribution >= 0.6 is 0 Å². The summed E-state index contributed by atoms with van der Waals surface area (Å²) in [4.78, 5) is 10.8. The molecule has 0 aliphatic rings. The average Bonchev–Trinajstić information content (AvgIpc) is 2.66. The molecule has 0 aromatic heterocycles. The van der Waals surface area contributed by atoms with Gasteiger partial charge in [-0.2, -0.15) is 0 Å². The largest absolute Gasteiger partial charge is 0.485 e. The van der Waals surface area contributed by atoms with Gasteiger partial charge in [-0.3, -0.25) is 0 Å². The maximum atomic E-state index is 10.8. The molecule has 0 fully saturated rings. The van der Waals surface area contributed by atoms with E-state index in [0.717, 1.165) is 11.1 Å². The van der Waals surface area contributed by atoms with E-state index in [-0.39, 0.29) is 0 Å². The van der Waals surface area contributed by atoms with Gasteiger partial charge in [-0.25, -0.2) is 0 Å². The molecule has 0 unspecified atom stereocenters. The Labute approximate surface area is 140 Å². The lowest BCUT2D eigenvalue weighted by molar-refractivity contribution is 0.256. The minimum atomic E-state index is 0.310. The summed E-state index contributed by atoms with van der Waals surface area (Å²) in [5.74, 6) is 1.09. The van der Waals surface area contributed by atoms with Gasteiger partial charge in [0.15, 0.2) is 11.5 Å². The molecule has 4 heteroatoms. The summed E-state index contributed by atoms with van der Waals surface area (Å²) < 4.78 is 11.7. The highest BCUT2D eigenvalue weighted by atomic mass is 16.5. The fraction of sp³-hybridized carbons (Fsp3) is 0.100. The van der Waals surface area contributed by atoms with Gasteiger partial charge in [0, 0.05) is 6.07 Å². The zero-order valence-corrected chi connectivity index (χ0v) is 13.1. The third-order valence-electron chi connectivity index (χ3n) is 3.51. The average molecular weight is 319 g/mol. The van der Waals surface area contributed by atoms with E-state index in [9.17, 15) is 4.91 Å². The molecule has 3 aromatic carbocycles. The van der Waals surface area contributed by atoms with Crippen molar-refractivity contribution in [1.82, 2.24) is 0 Å². The van der Waals surface area contributed by atoms with Gasteiger partial charge in [0.25, 0.3) is 0 Å². The van der Waals surface area contributed by atoms with Gasteiger partial charge >= 0.3 is 0 Å². The first-order chi connectivity index (χ1) is 11.8. The summed E-state index contributed by atoms with van der Waals surface area (Å²) in [6.07, 6.45) is 0. The lowest BCUT2D eigenvalue weighted by atomic mass is 10.2. The van der Waals surface area contributed by atoms with E-state index in [2.05, 4.69) is 5.18 Å². The van der Waals surface area contributed by atoms with E-state index in [0.29, 0.717) is 30.4 Å². The highest BCUT2D eigenvalue weighted by Crippen LogP contribution is 2.32. The Morgan fingerprint density at radius 1 is 0.667 bits per heavy atom. The van der Waals surface area contributed by atoms with Crippen LogP contribution in [-0.2, 0) is 13.2 Å². The highest BCUT2D eigenvalue weighted by Gasteiger charge is 2.08. The Hall–Kier alpha value is -3.14. The Kier molecular flexibility index (Phi) is 5.20. The van der Waals surface area contributed by atoms with Crippen LogP contribution in [0.3, 0.4) is 0 Å². The van der Waals surface area contributed by atoms with Crippen LogP contribution in [0.25, 0.3) is 0 Å². The van der Waals surface area contributed by atoms with E-state index in [1.807, 2.05) is 60.7 Å². The summed E-state index contributed by atoms with van der Waals surface area (Å²) in [6.45, 7) is 0.821. The first-order valence-electron chi connectivity index (χ1n) is 7.66. The Bertz CT molecular complexity index is 788. The van der Waals surface area contributed by atoms with Gasteiger partial charge in [0.2, 0.25) is 0 Å². The zero-order chi connectivity index (χ0) is 16.6. The summed E-state index contributed by atoms with van der Waals surface area (Å²) in [5.41, 5.74) is 2.41. The third-order valence-corrected chi connectivity index (χ3v) is 3.51. The SMILES string of the molecule is O=Nc1ccc(OCc2ccccc2)c(OCc2ccccc2)c1. The monoisotopic (exact) mass is 319 g/mol. The highest BCUT2D eigenvalue weighted by molar-refractivity contribution is 5.51. The summed E-state index contributed by atoms with van der Waals surface area (Å²) in [7, 11) is 0. The maximum absolute atomic E-state index is 10.8. The Morgan fingerprint density at radius 3 is 1.75 bits per heavy atom. The number of ether oxygens (including phenoxy) is 2.